The first-order valence-corrected chi connectivity index (χ1v) is 11.6. The largest absolute Gasteiger partial charge is 0.467 e. The lowest BCUT2D eigenvalue weighted by Crippen LogP contribution is -2.31. The number of rotatable bonds is 10. The van der Waals surface area contributed by atoms with E-state index in [0.717, 1.165) is 4.31 Å². The van der Waals surface area contributed by atoms with Crippen LogP contribution in [0.3, 0.4) is 0 Å². The van der Waals surface area contributed by atoms with Crippen LogP contribution in [0.1, 0.15) is 16.1 Å². The van der Waals surface area contributed by atoms with Crippen LogP contribution in [-0.2, 0) is 26.1 Å². The highest BCUT2D eigenvalue weighted by atomic mass is 35.5. The maximum absolute atomic E-state index is 13.3. The van der Waals surface area contributed by atoms with Gasteiger partial charge in [-0.05, 0) is 54.6 Å². The van der Waals surface area contributed by atoms with E-state index >= 15 is 0 Å². The molecular weight excluding hydrogens is 468 g/mol. The summed E-state index contributed by atoms with van der Waals surface area (Å²) in [4.78, 5) is 24.2. The topological polar surface area (TPSA) is 106 Å². The molecule has 0 aliphatic carbocycles. The van der Waals surface area contributed by atoms with E-state index in [1.165, 1.54) is 36.6 Å². The zero-order chi connectivity index (χ0) is 23.8. The van der Waals surface area contributed by atoms with Gasteiger partial charge in [0, 0.05) is 5.02 Å². The van der Waals surface area contributed by atoms with Crippen LogP contribution in [0.25, 0.3) is 0 Å². The first kappa shape index (κ1) is 24.1. The first-order valence-electron chi connectivity index (χ1n) is 9.76. The number of hydrogen-bond acceptors (Lipinski definition) is 6. The van der Waals surface area contributed by atoms with Gasteiger partial charge in [0.05, 0.1) is 35.5 Å². The van der Waals surface area contributed by atoms with Crippen molar-refractivity contribution in [2.75, 3.05) is 17.5 Å². The van der Waals surface area contributed by atoms with Gasteiger partial charge in [-0.2, -0.15) is 0 Å². The van der Waals surface area contributed by atoms with Crippen molar-refractivity contribution in [2.45, 2.75) is 11.4 Å². The summed E-state index contributed by atoms with van der Waals surface area (Å²) in [5.74, 6) is -0.803. The molecule has 172 valence electrons. The average molecular weight is 489 g/mol. The van der Waals surface area contributed by atoms with Crippen LogP contribution in [0, 0.1) is 0 Å². The number of hydrogen-bond donors (Lipinski definition) is 1. The molecule has 1 heterocycles. The Morgan fingerprint density at radius 2 is 1.88 bits per heavy atom. The normalized spacial score (nSPS) is 10.9. The van der Waals surface area contributed by atoms with Crippen molar-refractivity contribution in [2.24, 2.45) is 0 Å². The predicted octanol–water partition coefficient (Wildman–Crippen LogP) is 3.79. The molecule has 0 saturated carbocycles. The van der Waals surface area contributed by atoms with E-state index in [-0.39, 0.29) is 23.5 Å². The maximum Gasteiger partial charge on any atom is 0.338 e. The van der Waals surface area contributed by atoms with Crippen LogP contribution in [0.15, 0.2) is 88.9 Å². The number of esters is 1. The van der Waals surface area contributed by atoms with E-state index in [1.807, 2.05) is 0 Å². The van der Waals surface area contributed by atoms with Crippen LogP contribution < -0.4 is 9.62 Å². The van der Waals surface area contributed by atoms with Gasteiger partial charge in [0.15, 0.2) is 6.61 Å². The van der Waals surface area contributed by atoms with Crippen molar-refractivity contribution in [1.29, 1.82) is 0 Å². The second-order valence-corrected chi connectivity index (χ2v) is 9.06. The number of carbonyl (C=O) groups is 2. The van der Waals surface area contributed by atoms with Gasteiger partial charge >= 0.3 is 5.97 Å². The molecule has 3 rings (SSSR count). The zero-order valence-electron chi connectivity index (χ0n) is 17.4. The van der Waals surface area contributed by atoms with Crippen molar-refractivity contribution in [3.8, 4) is 0 Å². The predicted molar refractivity (Wildman–Crippen MR) is 123 cm³/mol. The molecule has 0 bridgehead atoms. The van der Waals surface area contributed by atoms with E-state index in [9.17, 15) is 18.0 Å². The fourth-order valence-electron chi connectivity index (χ4n) is 2.84. The quantitative estimate of drug-likeness (QED) is 0.344. The summed E-state index contributed by atoms with van der Waals surface area (Å²) in [6.45, 7) is 3.26. The lowest BCUT2D eigenvalue weighted by atomic mass is 10.2. The van der Waals surface area contributed by atoms with E-state index in [1.54, 1.807) is 36.4 Å². The summed E-state index contributed by atoms with van der Waals surface area (Å²) in [6.07, 6.45) is 2.93. The number of anilines is 1. The average Bonchev–Trinajstić information content (AvgIpc) is 3.34. The standard InChI is InChI=1S/C23H21ClN2O6S/c1-2-12-26(19-10-8-18(24)9-11-19)33(29,30)21-7-3-5-17(14-21)23(28)32-16-22(27)25-15-20-6-4-13-31-20/h2-11,13-14H,1,12,15-16H2,(H,25,27). The fourth-order valence-corrected chi connectivity index (χ4v) is 4.45. The first-order chi connectivity index (χ1) is 15.8. The van der Waals surface area contributed by atoms with Gasteiger partial charge in [-0.3, -0.25) is 9.10 Å². The Bertz CT molecular complexity index is 1220. The van der Waals surface area contributed by atoms with E-state index in [4.69, 9.17) is 20.8 Å². The Labute approximate surface area is 196 Å². The van der Waals surface area contributed by atoms with Crippen molar-refractivity contribution in [1.82, 2.24) is 5.32 Å². The maximum atomic E-state index is 13.3. The van der Waals surface area contributed by atoms with Crippen molar-refractivity contribution in [3.63, 3.8) is 0 Å². The highest BCUT2D eigenvalue weighted by molar-refractivity contribution is 7.92. The summed E-state index contributed by atoms with van der Waals surface area (Å²) in [5, 5.41) is 3.01. The molecule has 0 aliphatic heterocycles. The molecule has 0 aliphatic rings. The van der Waals surface area contributed by atoms with E-state index in [0.29, 0.717) is 16.5 Å². The molecule has 0 spiro atoms. The summed E-state index contributed by atoms with van der Waals surface area (Å²) in [6, 6.07) is 15.1. The molecule has 1 aromatic heterocycles. The third-order valence-corrected chi connectivity index (χ3v) is 6.48. The van der Waals surface area contributed by atoms with Gasteiger partial charge in [-0.25, -0.2) is 13.2 Å². The van der Waals surface area contributed by atoms with Gasteiger partial charge in [-0.1, -0.05) is 23.7 Å². The Kier molecular flexibility index (Phi) is 7.92. The number of carbonyl (C=O) groups excluding carboxylic acids is 2. The molecule has 0 fully saturated rings. The third kappa shape index (κ3) is 6.24. The number of sulfonamides is 1. The number of nitrogens with one attached hydrogen (secondary N) is 1. The highest BCUT2D eigenvalue weighted by Crippen LogP contribution is 2.26. The van der Waals surface area contributed by atoms with Crippen LogP contribution in [-0.4, -0.2) is 33.4 Å². The van der Waals surface area contributed by atoms with Crippen molar-refractivity contribution in [3.05, 3.63) is 95.9 Å². The van der Waals surface area contributed by atoms with Crippen molar-refractivity contribution < 1.29 is 27.2 Å². The highest BCUT2D eigenvalue weighted by Gasteiger charge is 2.25. The molecule has 3 aromatic rings. The zero-order valence-corrected chi connectivity index (χ0v) is 19.0. The smallest absolute Gasteiger partial charge is 0.338 e. The summed E-state index contributed by atoms with van der Waals surface area (Å²) >= 11 is 5.91. The molecule has 1 N–H and O–H groups in total. The monoisotopic (exact) mass is 488 g/mol. The van der Waals surface area contributed by atoms with E-state index in [2.05, 4.69) is 11.9 Å². The number of nitrogens with zero attached hydrogens (tertiary/aromatic N) is 1. The summed E-state index contributed by atoms with van der Waals surface area (Å²) < 4.78 is 37.8. The summed E-state index contributed by atoms with van der Waals surface area (Å²) in [5.41, 5.74) is 0.380. The summed E-state index contributed by atoms with van der Waals surface area (Å²) in [7, 11) is -4.03. The Balaban J connectivity index is 1.71. The Morgan fingerprint density at radius 3 is 2.55 bits per heavy atom. The molecule has 33 heavy (non-hydrogen) atoms. The number of amides is 1. The fraction of sp³-hybridized carbons (Fsp3) is 0.130. The molecule has 1 amide bonds. The van der Waals surface area contributed by atoms with Gasteiger partial charge < -0.3 is 14.5 Å². The minimum atomic E-state index is -4.03. The van der Waals surface area contributed by atoms with E-state index < -0.39 is 28.5 Å². The molecular formula is C23H21ClN2O6S. The van der Waals surface area contributed by atoms with Crippen molar-refractivity contribution >= 4 is 39.2 Å². The Hall–Kier alpha value is -3.56. The lowest BCUT2D eigenvalue weighted by molar-refractivity contribution is -0.124. The molecule has 0 unspecified atom stereocenters. The minimum absolute atomic E-state index is 0.00841. The SMILES string of the molecule is C=CCN(c1ccc(Cl)cc1)S(=O)(=O)c1cccc(C(=O)OCC(=O)NCc2ccco2)c1. The minimum Gasteiger partial charge on any atom is -0.467 e. The molecule has 0 saturated heterocycles. The van der Waals surface area contributed by atoms with Gasteiger partial charge in [0.1, 0.15) is 5.76 Å². The molecule has 10 heteroatoms. The second-order valence-electron chi connectivity index (χ2n) is 6.76. The molecule has 0 radical (unpaired) electrons. The van der Waals surface area contributed by atoms with Crippen LogP contribution in [0.4, 0.5) is 5.69 Å². The number of ether oxygens (including phenoxy) is 1. The number of furan rings is 1. The second kappa shape index (κ2) is 10.8. The van der Waals surface area contributed by atoms with Gasteiger partial charge in [0.2, 0.25) is 0 Å². The van der Waals surface area contributed by atoms with Gasteiger partial charge in [-0.15, -0.1) is 6.58 Å². The van der Waals surface area contributed by atoms with Crippen LogP contribution >= 0.6 is 11.6 Å². The molecule has 0 atom stereocenters. The number of benzene rings is 2. The van der Waals surface area contributed by atoms with Crippen LogP contribution in [0.2, 0.25) is 5.02 Å². The third-order valence-electron chi connectivity index (χ3n) is 4.44. The lowest BCUT2D eigenvalue weighted by Gasteiger charge is -2.23. The van der Waals surface area contributed by atoms with Gasteiger partial charge in [0.25, 0.3) is 15.9 Å². The number of halogens is 1. The molecule has 8 nitrogen and oxygen atoms in total. The molecule has 2 aromatic carbocycles. The Morgan fingerprint density at radius 1 is 1.12 bits per heavy atom. The van der Waals surface area contributed by atoms with Crippen LogP contribution in [0.5, 0.6) is 0 Å².